The van der Waals surface area contributed by atoms with E-state index in [1.54, 1.807) is 13.2 Å². The second-order valence-corrected chi connectivity index (χ2v) is 5.63. The lowest BCUT2D eigenvalue weighted by molar-refractivity contribution is 0.424. The van der Waals surface area contributed by atoms with Crippen LogP contribution < -0.4 is 5.32 Å². The maximum absolute atomic E-state index is 12.3. The van der Waals surface area contributed by atoms with Gasteiger partial charge in [-0.15, -0.1) is 0 Å². The van der Waals surface area contributed by atoms with Gasteiger partial charge in [-0.05, 0) is 13.5 Å². The summed E-state index contributed by atoms with van der Waals surface area (Å²) < 4.78 is 26.1. The molecule has 1 heterocycles. The van der Waals surface area contributed by atoms with Gasteiger partial charge in [0.25, 0.3) is 10.0 Å². The average molecular weight is 260 g/mol. The van der Waals surface area contributed by atoms with Gasteiger partial charge in [0.05, 0.1) is 6.20 Å². The highest BCUT2D eigenvalue weighted by Gasteiger charge is 2.26. The number of hydrogen-bond donors (Lipinski definition) is 2. The molecule has 98 valence electrons. The van der Waals surface area contributed by atoms with Gasteiger partial charge in [-0.3, -0.25) is 5.10 Å². The van der Waals surface area contributed by atoms with Crippen molar-refractivity contribution in [1.29, 1.82) is 0 Å². The molecule has 1 aromatic rings. The number of nitrogens with one attached hydrogen (secondary N) is 2. The van der Waals surface area contributed by atoms with Crippen molar-refractivity contribution in [2.75, 3.05) is 20.1 Å². The number of aromatic amines is 1. The minimum absolute atomic E-state index is 0.196. The van der Waals surface area contributed by atoms with Crippen LogP contribution in [0.2, 0.25) is 0 Å². The predicted octanol–water partition coefficient (Wildman–Crippen LogP) is 0.550. The van der Waals surface area contributed by atoms with E-state index in [1.165, 1.54) is 4.31 Å². The molecule has 0 aromatic carbocycles. The highest BCUT2D eigenvalue weighted by molar-refractivity contribution is 7.89. The van der Waals surface area contributed by atoms with E-state index < -0.39 is 10.0 Å². The van der Waals surface area contributed by atoms with Crippen molar-refractivity contribution in [3.8, 4) is 0 Å². The molecule has 0 aliphatic rings. The van der Waals surface area contributed by atoms with E-state index in [2.05, 4.69) is 15.5 Å². The Morgan fingerprint density at radius 3 is 2.71 bits per heavy atom. The number of nitrogens with zero attached hydrogens (tertiary/aromatic N) is 2. The minimum atomic E-state index is -3.45. The van der Waals surface area contributed by atoms with Gasteiger partial charge in [0.2, 0.25) is 0 Å². The van der Waals surface area contributed by atoms with Gasteiger partial charge in [0, 0.05) is 25.2 Å². The first-order valence-electron chi connectivity index (χ1n) is 5.74. The summed E-state index contributed by atoms with van der Waals surface area (Å²) in [5.74, 6) is 0. The molecule has 0 radical (unpaired) electrons. The summed E-state index contributed by atoms with van der Waals surface area (Å²) in [5, 5.41) is 9.52. The summed E-state index contributed by atoms with van der Waals surface area (Å²) in [5.41, 5.74) is 0.669. The third-order valence-electron chi connectivity index (χ3n) is 2.47. The van der Waals surface area contributed by atoms with Gasteiger partial charge in [-0.2, -0.15) is 9.40 Å². The van der Waals surface area contributed by atoms with E-state index in [0.717, 1.165) is 6.42 Å². The molecule has 1 aromatic heterocycles. The summed E-state index contributed by atoms with van der Waals surface area (Å²) in [7, 11) is -1.68. The first kappa shape index (κ1) is 14.1. The molecule has 0 aliphatic carbocycles. The Balaban J connectivity index is 3.06. The normalized spacial score (nSPS) is 12.2. The number of rotatable bonds is 7. The number of sulfonamides is 1. The quantitative estimate of drug-likeness (QED) is 0.750. The molecule has 2 N–H and O–H groups in total. The molecule has 0 unspecified atom stereocenters. The predicted molar refractivity (Wildman–Crippen MR) is 66.1 cm³/mol. The van der Waals surface area contributed by atoms with Crippen LogP contribution >= 0.6 is 0 Å². The van der Waals surface area contributed by atoms with Gasteiger partial charge in [0.15, 0.2) is 5.03 Å². The summed E-state index contributed by atoms with van der Waals surface area (Å²) in [4.78, 5) is 0. The Bertz CT molecular complexity index is 441. The van der Waals surface area contributed by atoms with Gasteiger partial charge in [-0.25, -0.2) is 8.42 Å². The molecule has 1 rings (SSSR count). The van der Waals surface area contributed by atoms with Gasteiger partial charge in [0.1, 0.15) is 0 Å². The maximum Gasteiger partial charge on any atom is 0.260 e. The van der Waals surface area contributed by atoms with E-state index in [4.69, 9.17) is 0 Å². The summed E-state index contributed by atoms with van der Waals surface area (Å²) in [6.45, 7) is 5.26. The second-order valence-electron chi connectivity index (χ2n) is 3.75. The summed E-state index contributed by atoms with van der Waals surface area (Å²) >= 11 is 0. The van der Waals surface area contributed by atoms with E-state index in [9.17, 15) is 8.42 Å². The van der Waals surface area contributed by atoms with Crippen LogP contribution in [-0.4, -0.2) is 43.1 Å². The van der Waals surface area contributed by atoms with Crippen molar-refractivity contribution in [2.45, 2.75) is 31.8 Å². The monoisotopic (exact) mass is 260 g/mol. The first-order valence-corrected chi connectivity index (χ1v) is 7.18. The molecule has 0 saturated heterocycles. The van der Waals surface area contributed by atoms with Gasteiger partial charge < -0.3 is 5.32 Å². The third-order valence-corrected chi connectivity index (χ3v) is 4.46. The van der Waals surface area contributed by atoms with Crippen LogP contribution in [0.15, 0.2) is 11.2 Å². The molecule has 0 aliphatic heterocycles. The van der Waals surface area contributed by atoms with Crippen LogP contribution in [0.5, 0.6) is 0 Å². The minimum Gasteiger partial charge on any atom is -0.316 e. The highest BCUT2D eigenvalue weighted by Crippen LogP contribution is 2.17. The topological polar surface area (TPSA) is 78.1 Å². The van der Waals surface area contributed by atoms with Crippen LogP contribution in [0, 0.1) is 0 Å². The molecule has 0 fully saturated rings. The lowest BCUT2D eigenvalue weighted by Crippen LogP contribution is -2.32. The number of hydrogen-bond acceptors (Lipinski definition) is 4. The molecule has 0 bridgehead atoms. The second kappa shape index (κ2) is 6.13. The molecular weight excluding hydrogens is 240 g/mol. The largest absolute Gasteiger partial charge is 0.316 e. The Hall–Kier alpha value is -0.920. The number of aromatic nitrogens is 2. The zero-order valence-corrected chi connectivity index (χ0v) is 11.3. The molecule has 0 atom stereocenters. The van der Waals surface area contributed by atoms with Crippen LogP contribution in [0.25, 0.3) is 0 Å². The van der Waals surface area contributed by atoms with Crippen LogP contribution in [0.4, 0.5) is 0 Å². The van der Waals surface area contributed by atoms with Gasteiger partial charge >= 0.3 is 0 Å². The summed E-state index contributed by atoms with van der Waals surface area (Å²) in [6.07, 6.45) is 2.34. The number of H-pyrrole nitrogens is 1. The zero-order valence-electron chi connectivity index (χ0n) is 10.5. The van der Waals surface area contributed by atoms with Crippen molar-refractivity contribution in [2.24, 2.45) is 0 Å². The van der Waals surface area contributed by atoms with Crippen LogP contribution in [-0.2, 0) is 16.6 Å². The molecule has 17 heavy (non-hydrogen) atoms. The average Bonchev–Trinajstić information content (AvgIpc) is 2.75. The molecule has 7 heteroatoms. The Kier molecular flexibility index (Phi) is 5.10. The van der Waals surface area contributed by atoms with Crippen molar-refractivity contribution in [1.82, 2.24) is 19.8 Å². The van der Waals surface area contributed by atoms with Crippen molar-refractivity contribution in [3.05, 3.63) is 11.8 Å². The Labute approximate surface area is 102 Å². The molecule has 6 nitrogen and oxygen atoms in total. The van der Waals surface area contributed by atoms with Crippen LogP contribution in [0.1, 0.15) is 25.8 Å². The van der Waals surface area contributed by atoms with Gasteiger partial charge in [-0.1, -0.05) is 13.8 Å². The fourth-order valence-electron chi connectivity index (χ4n) is 1.67. The molecule has 0 spiro atoms. The highest BCUT2D eigenvalue weighted by atomic mass is 32.2. The molecule has 0 amide bonds. The fourth-order valence-corrected chi connectivity index (χ4v) is 3.31. The Morgan fingerprint density at radius 2 is 2.18 bits per heavy atom. The first-order chi connectivity index (χ1) is 8.07. The SMILES string of the molecule is CCCN(CC)S(=O)(=O)c1[nH]ncc1CNC. The fraction of sp³-hybridized carbons (Fsp3) is 0.700. The van der Waals surface area contributed by atoms with E-state index in [-0.39, 0.29) is 5.03 Å². The van der Waals surface area contributed by atoms with E-state index >= 15 is 0 Å². The lowest BCUT2D eigenvalue weighted by atomic mass is 10.4. The van der Waals surface area contributed by atoms with Crippen molar-refractivity contribution in [3.63, 3.8) is 0 Å². The maximum atomic E-state index is 12.3. The van der Waals surface area contributed by atoms with Crippen molar-refractivity contribution < 1.29 is 8.42 Å². The van der Waals surface area contributed by atoms with E-state index in [0.29, 0.717) is 25.2 Å². The molecular formula is C10H20N4O2S. The van der Waals surface area contributed by atoms with Crippen LogP contribution in [0.3, 0.4) is 0 Å². The van der Waals surface area contributed by atoms with E-state index in [1.807, 2.05) is 13.8 Å². The molecule has 0 saturated carbocycles. The standard InChI is InChI=1S/C10H20N4O2S/c1-4-6-14(5-2)17(15,16)10-9(7-11-3)8-12-13-10/h8,11H,4-7H2,1-3H3,(H,12,13). The lowest BCUT2D eigenvalue weighted by Gasteiger charge is -2.19. The van der Waals surface area contributed by atoms with Crippen molar-refractivity contribution >= 4 is 10.0 Å². The third kappa shape index (κ3) is 3.05. The summed E-state index contributed by atoms with van der Waals surface area (Å²) in [6, 6.07) is 0. The zero-order chi connectivity index (χ0) is 12.9. The smallest absolute Gasteiger partial charge is 0.260 e. The Morgan fingerprint density at radius 1 is 1.47 bits per heavy atom.